The van der Waals surface area contributed by atoms with E-state index in [4.69, 9.17) is 11.5 Å². The Morgan fingerprint density at radius 2 is 1.93 bits per heavy atom. The van der Waals surface area contributed by atoms with Crippen LogP contribution in [0.5, 0.6) is 0 Å². The SMILES string of the molecule is CC(/C=[NH+]\N=C(N)N)=C\c1ccccc1. The van der Waals surface area contributed by atoms with Gasteiger partial charge in [0, 0.05) is 10.7 Å². The van der Waals surface area contributed by atoms with E-state index in [9.17, 15) is 0 Å². The largest absolute Gasteiger partial charge is 0.365 e. The quantitative estimate of drug-likeness (QED) is 0.349. The maximum Gasteiger partial charge on any atom is 0.256 e. The van der Waals surface area contributed by atoms with Crippen LogP contribution in [-0.4, -0.2) is 12.2 Å². The highest BCUT2D eigenvalue weighted by Crippen LogP contribution is 2.03. The molecule has 15 heavy (non-hydrogen) atoms. The van der Waals surface area contributed by atoms with E-state index >= 15 is 0 Å². The number of nitrogens with zero attached hydrogens (tertiary/aromatic N) is 1. The molecular weight excluding hydrogens is 188 g/mol. The van der Waals surface area contributed by atoms with Crippen molar-refractivity contribution in [1.29, 1.82) is 0 Å². The topological polar surface area (TPSA) is 78.4 Å². The van der Waals surface area contributed by atoms with Crippen molar-refractivity contribution in [3.8, 4) is 0 Å². The number of nitrogens with two attached hydrogens (primary N) is 2. The number of hydrogen-bond acceptors (Lipinski definition) is 1. The minimum Gasteiger partial charge on any atom is -0.365 e. The molecule has 0 aliphatic heterocycles. The molecule has 0 fully saturated rings. The van der Waals surface area contributed by atoms with E-state index in [1.54, 1.807) is 6.21 Å². The molecule has 0 aliphatic carbocycles. The van der Waals surface area contributed by atoms with Crippen LogP contribution >= 0.6 is 0 Å². The Kier molecular flexibility index (Phi) is 4.09. The Balaban J connectivity index is 2.69. The molecule has 1 aromatic rings. The Morgan fingerprint density at radius 3 is 2.53 bits per heavy atom. The minimum absolute atomic E-state index is 0.0127. The van der Waals surface area contributed by atoms with Crippen LogP contribution in [-0.2, 0) is 0 Å². The van der Waals surface area contributed by atoms with Crippen LogP contribution in [0, 0.1) is 0 Å². The summed E-state index contributed by atoms with van der Waals surface area (Å²) in [5.74, 6) is 0.0127. The molecule has 0 aliphatic rings. The van der Waals surface area contributed by atoms with Crippen molar-refractivity contribution in [3.05, 3.63) is 41.5 Å². The van der Waals surface area contributed by atoms with Gasteiger partial charge in [0.15, 0.2) is 6.21 Å². The second-order valence-electron chi connectivity index (χ2n) is 3.11. The summed E-state index contributed by atoms with van der Waals surface area (Å²) in [7, 11) is 0. The molecule has 4 heteroatoms. The van der Waals surface area contributed by atoms with Gasteiger partial charge in [0.25, 0.3) is 5.96 Å². The fraction of sp³-hybridized carbons (Fsp3) is 0.0909. The number of allylic oxidation sites excluding steroid dienone is 1. The standard InChI is InChI=1S/C11H14N4/c1-9(8-14-15-11(12)13)7-10-5-3-2-4-6-10/h2-8H,1H3,(H4,12,13,15)/p+1/b9-7+,14-8-. The summed E-state index contributed by atoms with van der Waals surface area (Å²) < 4.78 is 0. The first-order valence-corrected chi connectivity index (χ1v) is 4.59. The van der Waals surface area contributed by atoms with Gasteiger partial charge < -0.3 is 11.5 Å². The molecule has 0 saturated heterocycles. The summed E-state index contributed by atoms with van der Waals surface area (Å²) in [5, 5.41) is 6.28. The van der Waals surface area contributed by atoms with E-state index in [0.717, 1.165) is 11.1 Å². The normalized spacial score (nSPS) is 11.7. The average molecular weight is 203 g/mol. The van der Waals surface area contributed by atoms with Crippen LogP contribution in [0.1, 0.15) is 12.5 Å². The van der Waals surface area contributed by atoms with Gasteiger partial charge in [0.1, 0.15) is 0 Å². The maximum absolute atomic E-state index is 5.16. The Hall–Kier alpha value is -2.10. The first-order chi connectivity index (χ1) is 7.18. The van der Waals surface area contributed by atoms with Crippen molar-refractivity contribution in [2.24, 2.45) is 16.6 Å². The maximum atomic E-state index is 5.16. The third-order valence-electron chi connectivity index (χ3n) is 1.68. The highest BCUT2D eigenvalue weighted by atomic mass is 15.3. The molecule has 0 bridgehead atoms. The van der Waals surface area contributed by atoms with Gasteiger partial charge in [-0.1, -0.05) is 30.3 Å². The minimum atomic E-state index is 0.0127. The van der Waals surface area contributed by atoms with E-state index < -0.39 is 0 Å². The van der Waals surface area contributed by atoms with Crippen molar-refractivity contribution < 1.29 is 5.10 Å². The van der Waals surface area contributed by atoms with Gasteiger partial charge >= 0.3 is 0 Å². The highest BCUT2D eigenvalue weighted by molar-refractivity contribution is 5.81. The molecular formula is C11H15N4+. The monoisotopic (exact) mass is 203 g/mol. The number of guanidine groups is 1. The molecule has 0 amide bonds. The van der Waals surface area contributed by atoms with Crippen LogP contribution in [0.4, 0.5) is 0 Å². The first-order valence-electron chi connectivity index (χ1n) is 4.59. The van der Waals surface area contributed by atoms with Gasteiger partial charge in [-0.05, 0) is 18.6 Å². The summed E-state index contributed by atoms with van der Waals surface area (Å²) in [6.45, 7) is 1.96. The second-order valence-corrected chi connectivity index (χ2v) is 3.11. The van der Waals surface area contributed by atoms with E-state index in [0.29, 0.717) is 0 Å². The van der Waals surface area contributed by atoms with Crippen molar-refractivity contribution in [3.63, 3.8) is 0 Å². The molecule has 0 saturated carbocycles. The molecule has 0 aromatic heterocycles. The van der Waals surface area contributed by atoms with Gasteiger partial charge in [-0.25, -0.2) is 0 Å². The zero-order valence-corrected chi connectivity index (χ0v) is 8.64. The van der Waals surface area contributed by atoms with Crippen LogP contribution in [0.15, 0.2) is 41.0 Å². The lowest BCUT2D eigenvalue weighted by molar-refractivity contribution is -0.456. The number of hydrogen-bond donors (Lipinski definition) is 3. The van der Waals surface area contributed by atoms with Crippen LogP contribution in [0.3, 0.4) is 0 Å². The Bertz CT molecular complexity index is 386. The van der Waals surface area contributed by atoms with E-state index in [-0.39, 0.29) is 5.96 Å². The third kappa shape index (κ3) is 4.61. The molecule has 78 valence electrons. The van der Waals surface area contributed by atoms with E-state index in [2.05, 4.69) is 10.2 Å². The predicted molar refractivity (Wildman–Crippen MR) is 62.9 cm³/mol. The molecule has 0 atom stereocenters. The van der Waals surface area contributed by atoms with Crippen molar-refractivity contribution in [1.82, 2.24) is 0 Å². The average Bonchev–Trinajstić information content (AvgIpc) is 2.18. The Morgan fingerprint density at radius 1 is 1.27 bits per heavy atom. The molecule has 0 radical (unpaired) electrons. The van der Waals surface area contributed by atoms with Crippen LogP contribution < -0.4 is 16.6 Å². The summed E-state index contributed by atoms with van der Waals surface area (Å²) >= 11 is 0. The third-order valence-corrected chi connectivity index (χ3v) is 1.68. The molecule has 1 aromatic carbocycles. The highest BCUT2D eigenvalue weighted by Gasteiger charge is 1.90. The number of rotatable bonds is 3. The summed E-state index contributed by atoms with van der Waals surface area (Å²) in [5.41, 5.74) is 12.5. The van der Waals surface area contributed by atoms with Gasteiger partial charge in [-0.2, -0.15) is 0 Å². The fourth-order valence-electron chi connectivity index (χ4n) is 1.06. The van der Waals surface area contributed by atoms with Crippen molar-refractivity contribution in [2.75, 3.05) is 0 Å². The van der Waals surface area contributed by atoms with Crippen molar-refractivity contribution in [2.45, 2.75) is 6.92 Å². The fourth-order valence-corrected chi connectivity index (χ4v) is 1.06. The molecule has 0 unspecified atom stereocenters. The first kappa shape index (κ1) is 11.0. The lowest BCUT2D eigenvalue weighted by Crippen LogP contribution is -2.63. The lowest BCUT2D eigenvalue weighted by Gasteiger charge is -1.91. The van der Waals surface area contributed by atoms with Gasteiger partial charge in [-0.3, -0.25) is 0 Å². The molecule has 5 N–H and O–H groups in total. The van der Waals surface area contributed by atoms with Gasteiger partial charge in [0.05, 0.1) is 0 Å². The molecule has 4 nitrogen and oxygen atoms in total. The summed E-state index contributed by atoms with van der Waals surface area (Å²) in [6, 6.07) is 10.0. The second kappa shape index (κ2) is 5.59. The van der Waals surface area contributed by atoms with E-state index in [1.807, 2.05) is 43.3 Å². The van der Waals surface area contributed by atoms with E-state index in [1.165, 1.54) is 0 Å². The zero-order valence-electron chi connectivity index (χ0n) is 8.64. The van der Waals surface area contributed by atoms with Crippen LogP contribution in [0.2, 0.25) is 0 Å². The number of benzene rings is 1. The lowest BCUT2D eigenvalue weighted by atomic mass is 10.1. The number of nitrogens with one attached hydrogen (secondary N) is 1. The van der Waals surface area contributed by atoms with Crippen LogP contribution in [0.25, 0.3) is 6.08 Å². The van der Waals surface area contributed by atoms with Crippen molar-refractivity contribution >= 4 is 18.3 Å². The zero-order chi connectivity index (χ0) is 11.1. The predicted octanol–water partition coefficient (Wildman–Crippen LogP) is -0.570. The molecule has 0 heterocycles. The Labute approximate surface area is 89.0 Å². The van der Waals surface area contributed by atoms with Gasteiger partial charge in [0.2, 0.25) is 0 Å². The molecule has 1 rings (SSSR count). The smallest absolute Gasteiger partial charge is 0.256 e. The molecule has 0 spiro atoms. The summed E-state index contributed by atoms with van der Waals surface area (Å²) in [6.07, 6.45) is 3.75. The summed E-state index contributed by atoms with van der Waals surface area (Å²) in [4.78, 5) is 0. The number of hydrazone groups is 1. The van der Waals surface area contributed by atoms with Gasteiger partial charge in [-0.15, -0.1) is 5.10 Å².